The minimum absolute atomic E-state index is 0.0354. The Labute approximate surface area is 118 Å². The predicted octanol–water partition coefficient (Wildman–Crippen LogP) is 2.50. The Morgan fingerprint density at radius 3 is 2.80 bits per heavy atom. The third-order valence-corrected chi connectivity index (χ3v) is 3.69. The van der Waals surface area contributed by atoms with Crippen molar-refractivity contribution in [3.05, 3.63) is 29.6 Å². The molecule has 2 N–H and O–H groups in total. The summed E-state index contributed by atoms with van der Waals surface area (Å²) in [5.41, 5.74) is 0.753. The Morgan fingerprint density at radius 1 is 1.45 bits per heavy atom. The summed E-state index contributed by atoms with van der Waals surface area (Å²) in [6.07, 6.45) is 3.33. The lowest BCUT2D eigenvalue weighted by Crippen LogP contribution is -2.47. The smallest absolute Gasteiger partial charge is 0.240 e. The number of anilines is 1. The van der Waals surface area contributed by atoms with Crippen LogP contribution in [0.15, 0.2) is 18.2 Å². The van der Waals surface area contributed by atoms with Gasteiger partial charge in [0, 0.05) is 5.69 Å². The lowest BCUT2D eigenvalue weighted by Gasteiger charge is -2.22. The van der Waals surface area contributed by atoms with Crippen LogP contribution >= 0.6 is 0 Å². The largest absolute Gasteiger partial charge is 0.376 e. The highest BCUT2D eigenvalue weighted by Crippen LogP contribution is 2.28. The van der Waals surface area contributed by atoms with Crippen LogP contribution in [0.5, 0.6) is 0 Å². The van der Waals surface area contributed by atoms with Crippen LogP contribution in [0.1, 0.15) is 31.2 Å². The molecule has 1 aliphatic carbocycles. The lowest BCUT2D eigenvalue weighted by molar-refractivity contribution is -0.120. The number of benzene rings is 1. The van der Waals surface area contributed by atoms with Crippen LogP contribution in [0, 0.1) is 24.1 Å². The molecule has 2 rings (SSSR count). The number of hydrogen-bond acceptors (Lipinski definition) is 3. The number of nitrogens with one attached hydrogen (secondary N) is 2. The summed E-state index contributed by atoms with van der Waals surface area (Å²) in [5, 5.41) is 14.9. The highest BCUT2D eigenvalue weighted by molar-refractivity contribution is 5.82. The van der Waals surface area contributed by atoms with Gasteiger partial charge < -0.3 is 10.6 Å². The van der Waals surface area contributed by atoms with Crippen molar-refractivity contribution in [1.29, 1.82) is 5.26 Å². The van der Waals surface area contributed by atoms with Gasteiger partial charge in [-0.2, -0.15) is 5.26 Å². The highest BCUT2D eigenvalue weighted by atomic mass is 19.1. The molecule has 0 radical (unpaired) electrons. The van der Waals surface area contributed by atoms with Crippen LogP contribution in [0.4, 0.5) is 10.1 Å². The molecular formula is C15H18FN3O. The first-order chi connectivity index (χ1) is 9.54. The maximum absolute atomic E-state index is 13.1. The van der Waals surface area contributed by atoms with Crippen LogP contribution in [0.25, 0.3) is 0 Å². The van der Waals surface area contributed by atoms with Gasteiger partial charge in [0.15, 0.2) is 0 Å². The molecule has 106 valence electrons. The Bertz CT molecular complexity index is 545. The van der Waals surface area contributed by atoms with E-state index in [1.807, 2.05) is 6.92 Å². The summed E-state index contributed by atoms with van der Waals surface area (Å²) in [6, 6.07) is 6.60. The minimum atomic E-state index is -0.713. The van der Waals surface area contributed by atoms with E-state index < -0.39 is 5.54 Å². The van der Waals surface area contributed by atoms with E-state index in [1.165, 1.54) is 12.1 Å². The Kier molecular flexibility index (Phi) is 4.23. The van der Waals surface area contributed by atoms with Gasteiger partial charge in [-0.15, -0.1) is 0 Å². The topological polar surface area (TPSA) is 64.9 Å². The summed E-state index contributed by atoms with van der Waals surface area (Å²) < 4.78 is 13.1. The predicted molar refractivity (Wildman–Crippen MR) is 74.6 cm³/mol. The number of carbonyl (C=O) groups excluding carboxylic acids is 1. The summed E-state index contributed by atoms with van der Waals surface area (Å²) in [5.74, 6) is -0.583. The summed E-state index contributed by atoms with van der Waals surface area (Å²) >= 11 is 0. The molecular weight excluding hydrogens is 257 g/mol. The molecule has 0 atom stereocenters. The number of rotatable bonds is 4. The Morgan fingerprint density at radius 2 is 2.15 bits per heavy atom. The van der Waals surface area contributed by atoms with Gasteiger partial charge in [0.05, 0.1) is 12.6 Å². The second kappa shape index (κ2) is 5.91. The van der Waals surface area contributed by atoms with Crippen molar-refractivity contribution in [3.63, 3.8) is 0 Å². The second-order valence-corrected chi connectivity index (χ2v) is 5.26. The number of amides is 1. The number of halogens is 1. The molecule has 1 fully saturated rings. The van der Waals surface area contributed by atoms with Crippen LogP contribution < -0.4 is 10.6 Å². The molecule has 20 heavy (non-hydrogen) atoms. The number of carbonyl (C=O) groups is 1. The van der Waals surface area contributed by atoms with Gasteiger partial charge in [-0.05, 0) is 50.3 Å². The molecule has 0 aliphatic heterocycles. The second-order valence-electron chi connectivity index (χ2n) is 5.26. The fourth-order valence-corrected chi connectivity index (χ4v) is 2.51. The van der Waals surface area contributed by atoms with E-state index in [0.29, 0.717) is 18.5 Å². The number of nitrogens with zero attached hydrogens (tertiary/aromatic N) is 1. The van der Waals surface area contributed by atoms with Gasteiger partial charge in [0.25, 0.3) is 0 Å². The molecule has 4 nitrogen and oxygen atoms in total. The van der Waals surface area contributed by atoms with Crippen molar-refractivity contribution < 1.29 is 9.18 Å². The van der Waals surface area contributed by atoms with Crippen LogP contribution in [0.3, 0.4) is 0 Å². The SMILES string of the molecule is Cc1ccc(F)cc1NCC(=O)NC1(C#N)CCCC1. The molecule has 1 aromatic rings. The van der Waals surface area contributed by atoms with E-state index >= 15 is 0 Å². The van der Waals surface area contributed by atoms with Crippen molar-refractivity contribution in [2.24, 2.45) is 0 Å². The molecule has 5 heteroatoms. The number of hydrogen-bond donors (Lipinski definition) is 2. The standard InChI is InChI=1S/C15H18FN3O/c1-11-4-5-12(16)8-13(11)18-9-14(20)19-15(10-17)6-2-3-7-15/h4-5,8,18H,2-3,6-7,9H2,1H3,(H,19,20). The zero-order chi connectivity index (χ0) is 14.6. The van der Waals surface area contributed by atoms with Crippen LogP contribution in [0.2, 0.25) is 0 Å². The summed E-state index contributed by atoms with van der Waals surface area (Å²) in [4.78, 5) is 11.9. The van der Waals surface area contributed by atoms with Gasteiger partial charge in [0.2, 0.25) is 5.91 Å². The van der Waals surface area contributed by atoms with Gasteiger partial charge in [-0.1, -0.05) is 6.07 Å². The third-order valence-electron chi connectivity index (χ3n) is 3.69. The minimum Gasteiger partial charge on any atom is -0.376 e. The molecule has 0 saturated heterocycles. The van der Waals surface area contributed by atoms with Gasteiger partial charge in [-0.25, -0.2) is 4.39 Å². The van der Waals surface area contributed by atoms with E-state index in [2.05, 4.69) is 16.7 Å². The molecule has 0 aromatic heterocycles. The van der Waals surface area contributed by atoms with E-state index in [1.54, 1.807) is 6.07 Å². The normalized spacial score (nSPS) is 16.4. The lowest BCUT2D eigenvalue weighted by atomic mass is 10.00. The van der Waals surface area contributed by atoms with Crippen molar-refractivity contribution in [2.75, 3.05) is 11.9 Å². The molecule has 1 aliphatic rings. The maximum Gasteiger partial charge on any atom is 0.240 e. The zero-order valence-electron chi connectivity index (χ0n) is 11.5. The maximum atomic E-state index is 13.1. The fraction of sp³-hybridized carbons (Fsp3) is 0.467. The third kappa shape index (κ3) is 3.27. The average Bonchev–Trinajstić information content (AvgIpc) is 2.89. The zero-order valence-corrected chi connectivity index (χ0v) is 11.5. The van der Waals surface area contributed by atoms with Crippen molar-refractivity contribution in [1.82, 2.24) is 5.32 Å². The molecule has 1 amide bonds. The average molecular weight is 275 g/mol. The summed E-state index contributed by atoms with van der Waals surface area (Å²) in [6.45, 7) is 1.88. The van der Waals surface area contributed by atoms with E-state index in [4.69, 9.17) is 0 Å². The molecule has 0 spiro atoms. The van der Waals surface area contributed by atoms with Crippen LogP contribution in [-0.2, 0) is 4.79 Å². The Hall–Kier alpha value is -2.09. The van der Waals surface area contributed by atoms with Gasteiger partial charge in [-0.3, -0.25) is 4.79 Å². The fourth-order valence-electron chi connectivity index (χ4n) is 2.51. The van der Waals surface area contributed by atoms with E-state index in [0.717, 1.165) is 18.4 Å². The van der Waals surface area contributed by atoms with Crippen molar-refractivity contribution in [3.8, 4) is 6.07 Å². The first-order valence-electron chi connectivity index (χ1n) is 6.77. The van der Waals surface area contributed by atoms with E-state index in [-0.39, 0.29) is 18.3 Å². The van der Waals surface area contributed by atoms with Crippen molar-refractivity contribution >= 4 is 11.6 Å². The molecule has 1 saturated carbocycles. The highest BCUT2D eigenvalue weighted by Gasteiger charge is 2.35. The quantitative estimate of drug-likeness (QED) is 0.887. The molecule has 1 aromatic carbocycles. The van der Waals surface area contributed by atoms with E-state index in [9.17, 15) is 14.4 Å². The van der Waals surface area contributed by atoms with Crippen LogP contribution in [-0.4, -0.2) is 18.0 Å². The molecule has 0 bridgehead atoms. The Balaban J connectivity index is 1.92. The molecule has 0 unspecified atom stereocenters. The first-order valence-corrected chi connectivity index (χ1v) is 6.77. The summed E-state index contributed by atoms with van der Waals surface area (Å²) in [7, 11) is 0. The first kappa shape index (κ1) is 14.3. The van der Waals surface area contributed by atoms with Crippen molar-refractivity contribution in [2.45, 2.75) is 38.1 Å². The number of aryl methyl sites for hydroxylation is 1. The number of nitriles is 1. The van der Waals surface area contributed by atoms with Gasteiger partial charge in [0.1, 0.15) is 11.4 Å². The van der Waals surface area contributed by atoms with Gasteiger partial charge >= 0.3 is 0 Å². The molecule has 0 heterocycles. The monoisotopic (exact) mass is 275 g/mol.